The molecule has 118 valence electrons. The highest BCUT2D eigenvalue weighted by Gasteiger charge is 2.24. The lowest BCUT2D eigenvalue weighted by molar-refractivity contribution is -0.149. The predicted molar refractivity (Wildman–Crippen MR) is 78.6 cm³/mol. The van der Waals surface area contributed by atoms with Crippen LogP contribution in [0.2, 0.25) is 0 Å². The van der Waals surface area contributed by atoms with Crippen LogP contribution in [0, 0.1) is 0 Å². The summed E-state index contributed by atoms with van der Waals surface area (Å²) in [5.41, 5.74) is 0. The summed E-state index contributed by atoms with van der Waals surface area (Å²) < 4.78 is 36.6. The van der Waals surface area contributed by atoms with Crippen LogP contribution < -0.4 is 9.46 Å². The molecule has 7 heteroatoms. The standard InChI is InChI=1S/C14H21NO5S/c1-5-10(2)20-14(16)11(3)15-21(17,18)13-8-6-12(19-4)7-9-13/h6-11,15H,5H2,1-4H3. The first kappa shape index (κ1) is 17.5. The Hall–Kier alpha value is -1.60. The first-order chi connectivity index (χ1) is 9.80. The lowest BCUT2D eigenvalue weighted by atomic mass is 10.3. The molecule has 0 saturated heterocycles. The molecule has 1 aromatic rings. The summed E-state index contributed by atoms with van der Waals surface area (Å²) in [7, 11) is -2.28. The van der Waals surface area contributed by atoms with Gasteiger partial charge in [-0.15, -0.1) is 0 Å². The van der Waals surface area contributed by atoms with Crippen molar-refractivity contribution in [3.8, 4) is 5.75 Å². The Balaban J connectivity index is 2.77. The molecule has 0 radical (unpaired) electrons. The van der Waals surface area contributed by atoms with E-state index in [0.717, 1.165) is 0 Å². The number of carbonyl (C=O) groups is 1. The van der Waals surface area contributed by atoms with Gasteiger partial charge in [-0.05, 0) is 44.5 Å². The molecule has 2 atom stereocenters. The number of methoxy groups -OCH3 is 1. The molecule has 0 aliphatic carbocycles. The summed E-state index contributed by atoms with van der Waals surface area (Å²) in [5.74, 6) is -0.0420. The van der Waals surface area contributed by atoms with Gasteiger partial charge in [0.1, 0.15) is 11.8 Å². The molecule has 0 fully saturated rings. The van der Waals surface area contributed by atoms with E-state index in [1.807, 2.05) is 6.92 Å². The number of ether oxygens (including phenoxy) is 2. The van der Waals surface area contributed by atoms with Gasteiger partial charge in [-0.3, -0.25) is 4.79 Å². The topological polar surface area (TPSA) is 81.7 Å². The van der Waals surface area contributed by atoms with Crippen LogP contribution in [0.25, 0.3) is 0 Å². The van der Waals surface area contributed by atoms with Gasteiger partial charge < -0.3 is 9.47 Å². The number of hydrogen-bond donors (Lipinski definition) is 1. The van der Waals surface area contributed by atoms with Crippen molar-refractivity contribution in [1.29, 1.82) is 0 Å². The highest BCUT2D eigenvalue weighted by molar-refractivity contribution is 7.89. The van der Waals surface area contributed by atoms with Crippen molar-refractivity contribution in [1.82, 2.24) is 4.72 Å². The Morgan fingerprint density at radius 2 is 1.81 bits per heavy atom. The molecule has 2 unspecified atom stereocenters. The van der Waals surface area contributed by atoms with E-state index in [1.165, 1.54) is 38.3 Å². The summed E-state index contributed by atoms with van der Waals surface area (Å²) in [6, 6.07) is 4.95. The van der Waals surface area contributed by atoms with E-state index in [-0.39, 0.29) is 11.0 Å². The third kappa shape index (κ3) is 5.02. The summed E-state index contributed by atoms with van der Waals surface area (Å²) >= 11 is 0. The van der Waals surface area contributed by atoms with Crippen LogP contribution in [0.1, 0.15) is 27.2 Å². The lowest BCUT2D eigenvalue weighted by Gasteiger charge is -2.16. The molecular weight excluding hydrogens is 294 g/mol. The smallest absolute Gasteiger partial charge is 0.324 e. The lowest BCUT2D eigenvalue weighted by Crippen LogP contribution is -2.40. The summed E-state index contributed by atoms with van der Waals surface area (Å²) in [6.45, 7) is 5.08. The largest absolute Gasteiger partial charge is 0.497 e. The summed E-state index contributed by atoms with van der Waals surface area (Å²) in [4.78, 5) is 11.8. The van der Waals surface area contributed by atoms with Gasteiger partial charge in [0.2, 0.25) is 10.0 Å². The molecule has 1 rings (SSSR count). The van der Waals surface area contributed by atoms with Crippen molar-refractivity contribution in [2.75, 3.05) is 7.11 Å². The molecule has 0 heterocycles. The number of esters is 1. The Morgan fingerprint density at radius 3 is 2.29 bits per heavy atom. The zero-order chi connectivity index (χ0) is 16.0. The number of hydrogen-bond acceptors (Lipinski definition) is 5. The molecular formula is C14H21NO5S. The number of nitrogens with one attached hydrogen (secondary N) is 1. The van der Waals surface area contributed by atoms with E-state index in [4.69, 9.17) is 9.47 Å². The Labute approximate surface area is 125 Å². The van der Waals surface area contributed by atoms with E-state index in [9.17, 15) is 13.2 Å². The van der Waals surface area contributed by atoms with E-state index < -0.39 is 22.0 Å². The van der Waals surface area contributed by atoms with Gasteiger partial charge in [-0.1, -0.05) is 6.92 Å². The maximum Gasteiger partial charge on any atom is 0.324 e. The van der Waals surface area contributed by atoms with Crippen molar-refractivity contribution < 1.29 is 22.7 Å². The second kappa shape index (κ2) is 7.42. The van der Waals surface area contributed by atoms with Crippen LogP contribution in [-0.4, -0.2) is 33.6 Å². The molecule has 0 aromatic heterocycles. The van der Waals surface area contributed by atoms with Crippen molar-refractivity contribution in [2.45, 2.75) is 44.2 Å². The zero-order valence-electron chi connectivity index (χ0n) is 12.6. The monoisotopic (exact) mass is 315 g/mol. The maximum absolute atomic E-state index is 12.1. The fraction of sp³-hybridized carbons (Fsp3) is 0.500. The first-order valence-electron chi connectivity index (χ1n) is 6.67. The third-order valence-corrected chi connectivity index (χ3v) is 4.50. The molecule has 0 bridgehead atoms. The molecule has 0 aliphatic heterocycles. The summed E-state index contributed by atoms with van der Waals surface area (Å²) in [6.07, 6.45) is 0.425. The molecule has 21 heavy (non-hydrogen) atoms. The minimum absolute atomic E-state index is 0.0616. The second-order valence-corrected chi connectivity index (χ2v) is 6.39. The highest BCUT2D eigenvalue weighted by atomic mass is 32.2. The fourth-order valence-corrected chi connectivity index (χ4v) is 2.68. The van der Waals surface area contributed by atoms with Gasteiger partial charge in [0, 0.05) is 0 Å². The summed E-state index contributed by atoms with van der Waals surface area (Å²) in [5, 5.41) is 0. The van der Waals surface area contributed by atoms with Gasteiger partial charge in [0.05, 0.1) is 18.1 Å². The van der Waals surface area contributed by atoms with Crippen LogP contribution in [0.4, 0.5) is 0 Å². The predicted octanol–water partition coefficient (Wildman–Crippen LogP) is 1.70. The van der Waals surface area contributed by atoms with Gasteiger partial charge in [-0.2, -0.15) is 4.72 Å². The van der Waals surface area contributed by atoms with E-state index in [2.05, 4.69) is 4.72 Å². The molecule has 0 spiro atoms. The molecule has 6 nitrogen and oxygen atoms in total. The average Bonchev–Trinajstić information content (AvgIpc) is 2.46. The number of rotatable bonds is 7. The quantitative estimate of drug-likeness (QED) is 0.775. The van der Waals surface area contributed by atoms with E-state index in [0.29, 0.717) is 12.2 Å². The van der Waals surface area contributed by atoms with Crippen LogP contribution in [0.5, 0.6) is 5.75 Å². The van der Waals surface area contributed by atoms with Crippen LogP contribution in [0.15, 0.2) is 29.2 Å². The minimum atomic E-state index is -3.78. The molecule has 1 aromatic carbocycles. The Morgan fingerprint density at radius 1 is 1.24 bits per heavy atom. The Bertz CT molecular complexity index is 568. The highest BCUT2D eigenvalue weighted by Crippen LogP contribution is 2.15. The number of sulfonamides is 1. The van der Waals surface area contributed by atoms with Crippen molar-refractivity contribution in [3.63, 3.8) is 0 Å². The van der Waals surface area contributed by atoms with Crippen molar-refractivity contribution in [2.24, 2.45) is 0 Å². The normalized spacial score (nSPS) is 14.3. The van der Waals surface area contributed by atoms with Crippen LogP contribution in [0.3, 0.4) is 0 Å². The van der Waals surface area contributed by atoms with Gasteiger partial charge in [0.25, 0.3) is 0 Å². The minimum Gasteiger partial charge on any atom is -0.497 e. The van der Waals surface area contributed by atoms with Crippen molar-refractivity contribution >= 4 is 16.0 Å². The van der Waals surface area contributed by atoms with Crippen LogP contribution in [-0.2, 0) is 19.6 Å². The molecule has 0 saturated carbocycles. The van der Waals surface area contributed by atoms with E-state index >= 15 is 0 Å². The number of benzene rings is 1. The zero-order valence-corrected chi connectivity index (χ0v) is 13.4. The Kier molecular flexibility index (Phi) is 6.17. The van der Waals surface area contributed by atoms with Gasteiger partial charge in [0.15, 0.2) is 0 Å². The fourth-order valence-electron chi connectivity index (χ4n) is 1.49. The van der Waals surface area contributed by atoms with Gasteiger partial charge in [-0.25, -0.2) is 8.42 Å². The molecule has 1 N–H and O–H groups in total. The maximum atomic E-state index is 12.1. The van der Waals surface area contributed by atoms with Gasteiger partial charge >= 0.3 is 5.97 Å². The second-order valence-electron chi connectivity index (χ2n) is 4.67. The average molecular weight is 315 g/mol. The molecule has 0 amide bonds. The van der Waals surface area contributed by atoms with Crippen LogP contribution >= 0.6 is 0 Å². The molecule has 0 aliphatic rings. The van der Waals surface area contributed by atoms with Crippen molar-refractivity contribution in [3.05, 3.63) is 24.3 Å². The first-order valence-corrected chi connectivity index (χ1v) is 8.15. The SMILES string of the molecule is CCC(C)OC(=O)C(C)NS(=O)(=O)c1ccc(OC)cc1. The number of carbonyl (C=O) groups excluding carboxylic acids is 1. The third-order valence-electron chi connectivity index (χ3n) is 2.95. The van der Waals surface area contributed by atoms with E-state index in [1.54, 1.807) is 6.92 Å².